The molecule has 3 heteroatoms. The van der Waals surface area contributed by atoms with Gasteiger partial charge in [-0.25, -0.2) is 0 Å². The van der Waals surface area contributed by atoms with Crippen molar-refractivity contribution in [3.8, 4) is 0 Å². The Balaban J connectivity index is 0.00000261. The summed E-state index contributed by atoms with van der Waals surface area (Å²) in [6, 6.07) is 17.6. The van der Waals surface area contributed by atoms with Crippen molar-refractivity contribution >= 4 is 32.8 Å². The summed E-state index contributed by atoms with van der Waals surface area (Å²) in [5, 5.41) is 6.08. The van der Waals surface area contributed by atoms with Gasteiger partial charge in [-0.15, -0.1) is 0 Å². The highest BCUT2D eigenvalue weighted by molar-refractivity contribution is 9.10. The van der Waals surface area contributed by atoms with Gasteiger partial charge in [-0.1, -0.05) is 59.8 Å². The van der Waals surface area contributed by atoms with Crippen LogP contribution in [0.2, 0.25) is 0 Å². The van der Waals surface area contributed by atoms with Crippen LogP contribution in [-0.4, -0.2) is 11.0 Å². The summed E-state index contributed by atoms with van der Waals surface area (Å²) >= 11 is 3.46. The number of pyridine rings is 1. The Morgan fingerprint density at radius 2 is 1.89 bits per heavy atom. The average Bonchev–Trinajstić information content (AvgIpc) is 2.67. The molecule has 0 aliphatic rings. The SMILES string of the molecule is C.C[C@H](CCC/C=C/c1ccc(Br)cc1)NCc1ccc2cnccc2c1. The minimum absolute atomic E-state index is 0. The van der Waals surface area contributed by atoms with Crippen LogP contribution in [0.25, 0.3) is 16.8 Å². The third-order valence-corrected chi connectivity index (χ3v) is 5.08. The Morgan fingerprint density at radius 1 is 1.07 bits per heavy atom. The van der Waals surface area contributed by atoms with Gasteiger partial charge in [0.2, 0.25) is 0 Å². The molecule has 1 heterocycles. The van der Waals surface area contributed by atoms with E-state index in [1.54, 1.807) is 0 Å². The van der Waals surface area contributed by atoms with Gasteiger partial charge >= 0.3 is 0 Å². The number of hydrogen-bond donors (Lipinski definition) is 1. The summed E-state index contributed by atoms with van der Waals surface area (Å²) in [6.07, 6.45) is 11.7. The van der Waals surface area contributed by atoms with Crippen LogP contribution in [0.5, 0.6) is 0 Å². The first kappa shape index (κ1) is 21.3. The summed E-state index contributed by atoms with van der Waals surface area (Å²) in [4.78, 5) is 4.17. The largest absolute Gasteiger partial charge is 0.310 e. The molecule has 0 aliphatic carbocycles. The van der Waals surface area contributed by atoms with E-state index >= 15 is 0 Å². The Morgan fingerprint density at radius 3 is 2.70 bits per heavy atom. The van der Waals surface area contributed by atoms with E-state index in [0.29, 0.717) is 6.04 Å². The molecular weight excluding hydrogens is 396 g/mol. The van der Waals surface area contributed by atoms with Gasteiger partial charge in [0.05, 0.1) is 0 Å². The van der Waals surface area contributed by atoms with E-state index in [2.05, 4.69) is 93.8 Å². The molecule has 0 saturated carbocycles. The highest BCUT2D eigenvalue weighted by Gasteiger charge is 2.02. The maximum Gasteiger partial charge on any atom is 0.0346 e. The average molecular weight is 425 g/mol. The summed E-state index contributed by atoms with van der Waals surface area (Å²) in [6.45, 7) is 3.18. The molecule has 0 unspecified atom stereocenters. The Kier molecular flexibility index (Phi) is 8.70. The van der Waals surface area contributed by atoms with Gasteiger partial charge in [0, 0.05) is 34.8 Å². The first-order valence-electron chi connectivity index (χ1n) is 9.19. The smallest absolute Gasteiger partial charge is 0.0346 e. The van der Waals surface area contributed by atoms with Crippen molar-refractivity contribution < 1.29 is 0 Å². The molecule has 1 atom stereocenters. The lowest BCUT2D eigenvalue weighted by atomic mass is 10.1. The molecule has 1 N–H and O–H groups in total. The van der Waals surface area contributed by atoms with Gasteiger partial charge in [0.25, 0.3) is 0 Å². The number of aromatic nitrogens is 1. The first-order chi connectivity index (χ1) is 12.7. The molecule has 0 saturated heterocycles. The van der Waals surface area contributed by atoms with Crippen molar-refractivity contribution in [1.82, 2.24) is 10.3 Å². The number of nitrogens with one attached hydrogen (secondary N) is 1. The Bertz CT molecular complexity index is 856. The molecule has 2 aromatic carbocycles. The van der Waals surface area contributed by atoms with Crippen molar-refractivity contribution in [3.05, 3.63) is 82.6 Å². The third-order valence-electron chi connectivity index (χ3n) is 4.55. The second-order valence-electron chi connectivity index (χ2n) is 6.72. The number of fused-ring (bicyclic) bond motifs is 1. The minimum Gasteiger partial charge on any atom is -0.310 e. The van der Waals surface area contributed by atoms with E-state index < -0.39 is 0 Å². The maximum absolute atomic E-state index is 4.17. The molecule has 0 amide bonds. The Labute approximate surface area is 171 Å². The number of allylic oxidation sites excluding steroid dienone is 1. The van der Waals surface area contributed by atoms with Crippen molar-refractivity contribution in [2.24, 2.45) is 0 Å². The van der Waals surface area contributed by atoms with E-state index in [1.807, 2.05) is 12.4 Å². The monoisotopic (exact) mass is 424 g/mol. The number of rotatable bonds is 8. The lowest BCUT2D eigenvalue weighted by Crippen LogP contribution is -2.25. The zero-order valence-electron chi connectivity index (χ0n) is 15.2. The lowest BCUT2D eigenvalue weighted by molar-refractivity contribution is 0.500. The quantitative estimate of drug-likeness (QED) is 0.393. The van der Waals surface area contributed by atoms with Crippen LogP contribution >= 0.6 is 15.9 Å². The second kappa shape index (κ2) is 11.0. The molecule has 27 heavy (non-hydrogen) atoms. The van der Waals surface area contributed by atoms with Gasteiger partial charge in [-0.3, -0.25) is 4.98 Å². The molecule has 142 valence electrons. The second-order valence-corrected chi connectivity index (χ2v) is 7.64. The summed E-state index contributed by atoms with van der Waals surface area (Å²) in [5.41, 5.74) is 2.58. The predicted molar refractivity (Wildman–Crippen MR) is 122 cm³/mol. The molecular formula is C24H29BrN2. The van der Waals surface area contributed by atoms with Crippen LogP contribution in [0.4, 0.5) is 0 Å². The topological polar surface area (TPSA) is 24.9 Å². The molecule has 0 fully saturated rings. The van der Waals surface area contributed by atoms with Crippen LogP contribution in [0.15, 0.2) is 71.5 Å². The van der Waals surface area contributed by atoms with Gasteiger partial charge < -0.3 is 5.32 Å². The van der Waals surface area contributed by atoms with E-state index in [4.69, 9.17) is 0 Å². The predicted octanol–water partition coefficient (Wildman–Crippen LogP) is 7.00. The fourth-order valence-corrected chi connectivity index (χ4v) is 3.24. The molecule has 3 rings (SSSR count). The molecule has 0 spiro atoms. The van der Waals surface area contributed by atoms with Crippen molar-refractivity contribution in [2.45, 2.75) is 46.2 Å². The van der Waals surface area contributed by atoms with E-state index in [0.717, 1.165) is 17.4 Å². The van der Waals surface area contributed by atoms with Crippen LogP contribution < -0.4 is 5.32 Å². The zero-order chi connectivity index (χ0) is 18.2. The first-order valence-corrected chi connectivity index (χ1v) is 9.98. The van der Waals surface area contributed by atoms with E-state index in [9.17, 15) is 0 Å². The number of nitrogens with zero attached hydrogens (tertiary/aromatic N) is 1. The molecule has 2 nitrogen and oxygen atoms in total. The van der Waals surface area contributed by atoms with Crippen LogP contribution in [0.3, 0.4) is 0 Å². The highest BCUT2D eigenvalue weighted by atomic mass is 79.9. The fourth-order valence-electron chi connectivity index (χ4n) is 2.97. The molecule has 0 radical (unpaired) electrons. The number of halogens is 1. The van der Waals surface area contributed by atoms with Crippen LogP contribution in [0, 0.1) is 0 Å². The fraction of sp³-hybridized carbons (Fsp3) is 0.292. The zero-order valence-corrected chi connectivity index (χ0v) is 16.7. The molecule has 0 bridgehead atoms. The van der Waals surface area contributed by atoms with Gasteiger partial charge in [-0.2, -0.15) is 0 Å². The summed E-state index contributed by atoms with van der Waals surface area (Å²) in [7, 11) is 0. The molecule has 0 aliphatic heterocycles. The molecule has 3 aromatic rings. The van der Waals surface area contributed by atoms with Crippen LogP contribution in [-0.2, 0) is 6.54 Å². The van der Waals surface area contributed by atoms with Gasteiger partial charge in [-0.05, 0) is 67.0 Å². The highest BCUT2D eigenvalue weighted by Crippen LogP contribution is 2.15. The summed E-state index contributed by atoms with van der Waals surface area (Å²) in [5.74, 6) is 0. The minimum atomic E-state index is 0. The Hall–Kier alpha value is -1.97. The van der Waals surface area contributed by atoms with Crippen LogP contribution in [0.1, 0.15) is 44.7 Å². The van der Waals surface area contributed by atoms with Gasteiger partial charge in [0.1, 0.15) is 0 Å². The number of benzene rings is 2. The summed E-state index contributed by atoms with van der Waals surface area (Å²) < 4.78 is 1.12. The normalized spacial score (nSPS) is 12.2. The standard InChI is InChI=1S/C23H25BrN2.CH4/c1-18(5-3-2-4-6-19-8-11-23(24)12-9-19)26-16-20-7-10-22-17-25-14-13-21(22)15-20;/h4,6-15,17-18,26H,2-3,5,16H2,1H3;1H4/b6-4+;/t18-;/m1./s1. The van der Waals surface area contributed by atoms with E-state index in [1.165, 1.54) is 34.7 Å². The van der Waals surface area contributed by atoms with Crippen molar-refractivity contribution in [1.29, 1.82) is 0 Å². The lowest BCUT2D eigenvalue weighted by Gasteiger charge is -2.13. The molecule has 1 aromatic heterocycles. The van der Waals surface area contributed by atoms with Crippen molar-refractivity contribution in [2.75, 3.05) is 0 Å². The maximum atomic E-state index is 4.17. The van der Waals surface area contributed by atoms with E-state index in [-0.39, 0.29) is 7.43 Å². The number of unbranched alkanes of at least 4 members (excludes halogenated alkanes) is 1. The number of hydrogen-bond acceptors (Lipinski definition) is 2. The third kappa shape index (κ3) is 6.93. The van der Waals surface area contributed by atoms with Crippen molar-refractivity contribution in [3.63, 3.8) is 0 Å². The van der Waals surface area contributed by atoms with Gasteiger partial charge in [0.15, 0.2) is 0 Å².